The zero-order chi connectivity index (χ0) is 38.3. The quantitative estimate of drug-likeness (QED) is 0.0970. The van der Waals surface area contributed by atoms with E-state index >= 15 is 0 Å². The summed E-state index contributed by atoms with van der Waals surface area (Å²) in [5, 5.41) is 0. The zero-order valence-corrected chi connectivity index (χ0v) is 36.7. The van der Waals surface area contributed by atoms with Crippen LogP contribution >= 0.6 is 8.60 Å². The lowest BCUT2D eigenvalue weighted by atomic mass is 9.77. The first-order valence-corrected chi connectivity index (χ1v) is 22.0. The van der Waals surface area contributed by atoms with Gasteiger partial charge in [0.05, 0.1) is 6.61 Å². The van der Waals surface area contributed by atoms with Gasteiger partial charge >= 0.3 is 8.60 Å². The van der Waals surface area contributed by atoms with Crippen molar-refractivity contribution in [2.75, 3.05) is 6.61 Å². The minimum Gasteiger partial charge on any atom is -0.328 e. The molecule has 51 heavy (non-hydrogen) atoms. The summed E-state index contributed by atoms with van der Waals surface area (Å²) in [6.07, 6.45) is 21.0. The lowest BCUT2D eigenvalue weighted by Gasteiger charge is -2.31. The van der Waals surface area contributed by atoms with Crippen LogP contribution in [-0.2, 0) is 30.7 Å². The van der Waals surface area contributed by atoms with E-state index in [2.05, 4.69) is 126 Å². The van der Waals surface area contributed by atoms with E-state index in [1.807, 2.05) is 0 Å². The van der Waals surface area contributed by atoms with Crippen LogP contribution in [0.1, 0.15) is 232 Å². The van der Waals surface area contributed by atoms with E-state index in [-0.39, 0.29) is 21.7 Å². The normalized spacial score (nSPS) is 13.7. The van der Waals surface area contributed by atoms with Crippen LogP contribution in [0, 0.1) is 0 Å². The van der Waals surface area contributed by atoms with Crippen molar-refractivity contribution >= 4 is 8.60 Å². The predicted molar refractivity (Wildman–Crippen MR) is 225 cm³/mol. The molecule has 0 saturated heterocycles. The van der Waals surface area contributed by atoms with Crippen molar-refractivity contribution in [3.63, 3.8) is 0 Å². The van der Waals surface area contributed by atoms with Crippen LogP contribution in [0.2, 0.25) is 0 Å². The molecule has 3 nitrogen and oxygen atoms in total. The Bertz CT molecular complexity index is 1110. The van der Waals surface area contributed by atoms with Gasteiger partial charge < -0.3 is 9.42 Å². The van der Waals surface area contributed by atoms with Crippen molar-refractivity contribution in [1.29, 1.82) is 0 Å². The molecule has 0 saturated carbocycles. The molecule has 4 heteroatoms. The SMILES string of the molecule is CCCCCCCCCCCCCCCCCCOP(O)OC(c1cc(C(C)(C)C)cc(C(C)(C)C)c1)c1cc(C(C)(C)C)cc(C(C)(C)C)c1. The van der Waals surface area contributed by atoms with Gasteiger partial charge in [0.1, 0.15) is 6.10 Å². The Morgan fingerprint density at radius 3 is 1.00 bits per heavy atom. The number of hydrogen-bond acceptors (Lipinski definition) is 3. The molecule has 2 rings (SSSR count). The van der Waals surface area contributed by atoms with Gasteiger partial charge in [0.2, 0.25) is 0 Å². The molecular weight excluding hydrogens is 643 g/mol. The summed E-state index contributed by atoms with van der Waals surface area (Å²) in [7, 11) is -2.06. The van der Waals surface area contributed by atoms with E-state index in [0.29, 0.717) is 6.61 Å². The van der Waals surface area contributed by atoms with Crippen molar-refractivity contribution in [3.05, 3.63) is 69.8 Å². The average Bonchev–Trinajstić information content (AvgIpc) is 3.03. The lowest BCUT2D eigenvalue weighted by Crippen LogP contribution is -2.20. The molecule has 2 aromatic carbocycles. The van der Waals surface area contributed by atoms with Gasteiger partial charge in [-0.3, -0.25) is 4.52 Å². The van der Waals surface area contributed by atoms with Gasteiger partial charge in [0, 0.05) is 0 Å². The Labute approximate surface area is 318 Å². The fraction of sp³-hybridized carbons (Fsp3) is 0.745. The maximum absolute atomic E-state index is 11.3. The summed E-state index contributed by atoms with van der Waals surface area (Å²) in [6.45, 7) is 30.1. The zero-order valence-electron chi connectivity index (χ0n) is 35.8. The largest absolute Gasteiger partial charge is 0.330 e. The minimum absolute atomic E-state index is 0.0297. The first-order chi connectivity index (χ1) is 23.7. The summed E-state index contributed by atoms with van der Waals surface area (Å²) in [5.74, 6) is 0. The van der Waals surface area contributed by atoms with Crippen LogP contribution in [-0.4, -0.2) is 11.5 Å². The van der Waals surface area contributed by atoms with Gasteiger partial charge in [-0.05, 0) is 61.5 Å². The van der Waals surface area contributed by atoms with Crippen molar-refractivity contribution in [3.8, 4) is 0 Å². The number of unbranched alkanes of at least 4 members (excludes halogenated alkanes) is 15. The summed E-state index contributed by atoms with van der Waals surface area (Å²) in [6, 6.07) is 13.9. The molecule has 0 radical (unpaired) electrons. The Balaban J connectivity index is 2.05. The summed E-state index contributed by atoms with van der Waals surface area (Å²) in [5.41, 5.74) is 7.13. The highest BCUT2D eigenvalue weighted by molar-refractivity contribution is 7.40. The fourth-order valence-corrected chi connectivity index (χ4v) is 7.34. The molecule has 0 amide bonds. The fourth-order valence-electron chi connectivity index (χ4n) is 6.57. The van der Waals surface area contributed by atoms with E-state index < -0.39 is 14.7 Å². The third-order valence-electron chi connectivity index (χ3n) is 10.4. The van der Waals surface area contributed by atoms with Crippen LogP contribution in [0.25, 0.3) is 0 Å². The number of rotatable bonds is 22. The molecule has 1 unspecified atom stereocenters. The molecule has 2 aromatic rings. The third kappa shape index (κ3) is 17.6. The molecule has 0 aromatic heterocycles. The smallest absolute Gasteiger partial charge is 0.328 e. The Morgan fingerprint density at radius 2 is 0.725 bits per heavy atom. The first-order valence-electron chi connectivity index (χ1n) is 20.8. The second-order valence-corrected chi connectivity index (χ2v) is 20.5. The highest BCUT2D eigenvalue weighted by Gasteiger charge is 2.29. The Morgan fingerprint density at radius 1 is 0.451 bits per heavy atom. The minimum atomic E-state index is -2.06. The van der Waals surface area contributed by atoms with Gasteiger partial charge in [-0.25, -0.2) is 0 Å². The summed E-state index contributed by atoms with van der Waals surface area (Å²) >= 11 is 0. The standard InChI is InChI=1S/C47H81O3P/c1-14-15-16-17-18-19-20-21-22-23-24-25-26-27-28-29-30-49-51(48)50-43(37-31-39(44(2,3)4)35-40(32-37)45(5,6)7)38-33-41(46(8,9)10)36-42(34-38)47(11,12)13/h31-36,43,48H,14-30H2,1-13H3. The predicted octanol–water partition coefficient (Wildman–Crippen LogP) is 15.5. The molecule has 0 aliphatic heterocycles. The van der Waals surface area contributed by atoms with Crippen molar-refractivity contribution < 1.29 is 13.9 Å². The highest BCUT2D eigenvalue weighted by atomic mass is 31.2. The molecule has 1 N–H and O–H groups in total. The van der Waals surface area contributed by atoms with Crippen LogP contribution in [0.3, 0.4) is 0 Å². The van der Waals surface area contributed by atoms with Crippen LogP contribution in [0.15, 0.2) is 36.4 Å². The summed E-state index contributed by atoms with van der Waals surface area (Å²) < 4.78 is 12.6. The average molecular weight is 725 g/mol. The van der Waals surface area contributed by atoms with Crippen molar-refractivity contribution in [2.45, 2.75) is 221 Å². The van der Waals surface area contributed by atoms with Gasteiger partial charge in [-0.2, -0.15) is 0 Å². The van der Waals surface area contributed by atoms with E-state index in [0.717, 1.165) is 24.0 Å². The van der Waals surface area contributed by atoms with Gasteiger partial charge in [0.25, 0.3) is 0 Å². The van der Waals surface area contributed by atoms with Gasteiger partial charge in [-0.1, -0.05) is 223 Å². The number of benzene rings is 2. The van der Waals surface area contributed by atoms with Crippen LogP contribution in [0.5, 0.6) is 0 Å². The molecule has 0 fully saturated rings. The topological polar surface area (TPSA) is 38.7 Å². The summed E-state index contributed by atoms with van der Waals surface area (Å²) in [4.78, 5) is 11.3. The second-order valence-electron chi connectivity index (χ2n) is 19.5. The number of hydrogen-bond donors (Lipinski definition) is 1. The second kappa shape index (κ2) is 21.6. The van der Waals surface area contributed by atoms with Gasteiger partial charge in [-0.15, -0.1) is 0 Å². The molecule has 0 aliphatic rings. The Hall–Kier alpha value is -1.25. The molecule has 0 aliphatic carbocycles. The monoisotopic (exact) mass is 725 g/mol. The molecular formula is C47H81O3P. The first kappa shape index (κ1) is 45.9. The molecule has 0 bridgehead atoms. The van der Waals surface area contributed by atoms with E-state index in [4.69, 9.17) is 9.05 Å². The maximum atomic E-state index is 11.3. The van der Waals surface area contributed by atoms with E-state index in [1.165, 1.54) is 112 Å². The van der Waals surface area contributed by atoms with Crippen molar-refractivity contribution in [1.82, 2.24) is 0 Å². The third-order valence-corrected chi connectivity index (χ3v) is 11.2. The van der Waals surface area contributed by atoms with Crippen LogP contribution < -0.4 is 0 Å². The highest BCUT2D eigenvalue weighted by Crippen LogP contribution is 2.46. The van der Waals surface area contributed by atoms with E-state index in [1.54, 1.807) is 0 Å². The molecule has 0 heterocycles. The molecule has 292 valence electrons. The molecule has 0 spiro atoms. The van der Waals surface area contributed by atoms with Crippen LogP contribution in [0.4, 0.5) is 0 Å². The van der Waals surface area contributed by atoms with E-state index in [9.17, 15) is 4.89 Å². The maximum Gasteiger partial charge on any atom is 0.330 e. The van der Waals surface area contributed by atoms with Crippen molar-refractivity contribution in [2.24, 2.45) is 0 Å². The molecule has 1 atom stereocenters. The Kier molecular flexibility index (Phi) is 19.4. The van der Waals surface area contributed by atoms with Gasteiger partial charge in [0.15, 0.2) is 0 Å². The lowest BCUT2D eigenvalue weighted by molar-refractivity contribution is 0.164.